The topological polar surface area (TPSA) is 102 Å². The molecule has 0 aliphatic rings. The van der Waals surface area contributed by atoms with Gasteiger partial charge in [0.05, 0.1) is 0 Å². The van der Waals surface area contributed by atoms with Gasteiger partial charge in [0.15, 0.2) is 5.82 Å². The standard InChI is InChI=1S/C15H12N6OS/c16-10-4-1-3-9(7-10)13-18-19-15-17-14(22)12(20-21(13)15)8-11-5-2-6-23-11/h1-7H,8,16H2,(H,17,19,22). The Morgan fingerprint density at radius 1 is 1.22 bits per heavy atom. The number of benzene rings is 1. The van der Waals surface area contributed by atoms with Crippen LogP contribution in [0.4, 0.5) is 5.69 Å². The van der Waals surface area contributed by atoms with Crippen LogP contribution in [0.2, 0.25) is 0 Å². The summed E-state index contributed by atoms with van der Waals surface area (Å²) in [4.78, 5) is 15.9. The van der Waals surface area contributed by atoms with Crippen LogP contribution in [0.15, 0.2) is 46.6 Å². The number of hydrogen-bond acceptors (Lipinski definition) is 6. The van der Waals surface area contributed by atoms with Gasteiger partial charge in [-0.25, -0.2) is 0 Å². The fourth-order valence-corrected chi connectivity index (χ4v) is 3.05. The lowest BCUT2D eigenvalue weighted by molar-refractivity contribution is 0.832. The first kappa shape index (κ1) is 13.6. The minimum absolute atomic E-state index is 0.252. The minimum Gasteiger partial charge on any atom is -0.399 e. The molecule has 0 bridgehead atoms. The first-order valence-corrected chi connectivity index (χ1v) is 7.81. The molecule has 4 rings (SSSR count). The summed E-state index contributed by atoms with van der Waals surface area (Å²) in [5.41, 5.74) is 7.41. The quantitative estimate of drug-likeness (QED) is 0.559. The zero-order valence-electron chi connectivity index (χ0n) is 11.9. The van der Waals surface area contributed by atoms with Gasteiger partial charge in [-0.05, 0) is 23.6 Å². The van der Waals surface area contributed by atoms with Crippen LogP contribution in [-0.2, 0) is 6.42 Å². The second-order valence-corrected chi connectivity index (χ2v) is 6.07. The summed E-state index contributed by atoms with van der Waals surface area (Å²) in [5.74, 6) is 0.846. The van der Waals surface area contributed by atoms with E-state index in [1.807, 2.05) is 29.6 Å². The van der Waals surface area contributed by atoms with E-state index >= 15 is 0 Å². The Balaban J connectivity index is 1.86. The number of fused-ring (bicyclic) bond motifs is 1. The van der Waals surface area contributed by atoms with E-state index in [0.717, 1.165) is 10.4 Å². The number of anilines is 1. The highest BCUT2D eigenvalue weighted by atomic mass is 32.1. The molecule has 0 aliphatic carbocycles. The van der Waals surface area contributed by atoms with Crippen molar-refractivity contribution in [2.75, 3.05) is 5.73 Å². The lowest BCUT2D eigenvalue weighted by Gasteiger charge is -2.02. The van der Waals surface area contributed by atoms with Crippen molar-refractivity contribution in [2.24, 2.45) is 0 Å². The molecule has 0 unspecified atom stereocenters. The number of rotatable bonds is 3. The lowest BCUT2D eigenvalue weighted by atomic mass is 10.2. The second kappa shape index (κ2) is 5.33. The molecule has 0 saturated heterocycles. The fraction of sp³-hybridized carbons (Fsp3) is 0.0667. The van der Waals surface area contributed by atoms with E-state index in [9.17, 15) is 4.79 Å². The van der Waals surface area contributed by atoms with Gasteiger partial charge in [-0.2, -0.15) is 9.61 Å². The minimum atomic E-state index is -0.252. The molecule has 3 N–H and O–H groups in total. The Morgan fingerprint density at radius 3 is 2.91 bits per heavy atom. The van der Waals surface area contributed by atoms with Crippen molar-refractivity contribution in [3.05, 3.63) is 62.7 Å². The van der Waals surface area contributed by atoms with Crippen LogP contribution in [0, 0.1) is 0 Å². The molecule has 0 fully saturated rings. The molecule has 0 saturated carbocycles. The van der Waals surface area contributed by atoms with Gasteiger partial charge in [0, 0.05) is 22.5 Å². The predicted molar refractivity (Wildman–Crippen MR) is 88.4 cm³/mol. The normalized spacial score (nSPS) is 11.1. The number of aromatic amines is 1. The molecule has 3 aromatic heterocycles. The molecule has 23 heavy (non-hydrogen) atoms. The fourth-order valence-electron chi connectivity index (χ4n) is 2.34. The SMILES string of the molecule is Nc1cccc(-c2nnc3[nH]c(=O)c(Cc4cccs4)nn23)c1. The maximum absolute atomic E-state index is 12.1. The maximum atomic E-state index is 12.1. The smallest absolute Gasteiger partial charge is 0.274 e. The van der Waals surface area contributed by atoms with Crippen molar-refractivity contribution in [3.63, 3.8) is 0 Å². The van der Waals surface area contributed by atoms with E-state index in [4.69, 9.17) is 5.73 Å². The molecule has 0 amide bonds. The van der Waals surface area contributed by atoms with Crippen molar-refractivity contribution in [2.45, 2.75) is 6.42 Å². The maximum Gasteiger partial charge on any atom is 0.274 e. The molecule has 4 aromatic rings. The number of nitrogens with two attached hydrogens (primary N) is 1. The zero-order valence-corrected chi connectivity index (χ0v) is 12.7. The summed E-state index contributed by atoms with van der Waals surface area (Å²) in [7, 11) is 0. The van der Waals surface area contributed by atoms with Crippen molar-refractivity contribution in [1.82, 2.24) is 24.8 Å². The van der Waals surface area contributed by atoms with Crippen LogP contribution in [0.3, 0.4) is 0 Å². The molecule has 0 spiro atoms. The third-order valence-electron chi connectivity index (χ3n) is 3.42. The average Bonchev–Trinajstić information content (AvgIpc) is 3.17. The molecule has 0 radical (unpaired) electrons. The highest BCUT2D eigenvalue weighted by molar-refractivity contribution is 7.09. The third-order valence-corrected chi connectivity index (χ3v) is 4.29. The number of nitrogens with zero attached hydrogens (tertiary/aromatic N) is 4. The molecular weight excluding hydrogens is 312 g/mol. The van der Waals surface area contributed by atoms with Crippen LogP contribution < -0.4 is 11.3 Å². The average molecular weight is 324 g/mol. The summed E-state index contributed by atoms with van der Waals surface area (Å²) < 4.78 is 1.54. The highest BCUT2D eigenvalue weighted by Gasteiger charge is 2.13. The number of aromatic nitrogens is 5. The van der Waals surface area contributed by atoms with Gasteiger partial charge in [0.25, 0.3) is 11.3 Å². The van der Waals surface area contributed by atoms with Crippen LogP contribution in [0.5, 0.6) is 0 Å². The zero-order chi connectivity index (χ0) is 15.8. The van der Waals surface area contributed by atoms with Crippen LogP contribution >= 0.6 is 11.3 Å². The van der Waals surface area contributed by atoms with Gasteiger partial charge >= 0.3 is 0 Å². The predicted octanol–water partition coefficient (Wildman–Crippen LogP) is 1.71. The number of nitrogen functional groups attached to an aromatic ring is 1. The van der Waals surface area contributed by atoms with Crippen LogP contribution in [-0.4, -0.2) is 24.8 Å². The van der Waals surface area contributed by atoms with E-state index in [1.54, 1.807) is 28.0 Å². The number of thiophene rings is 1. The number of nitrogens with one attached hydrogen (secondary N) is 1. The number of H-pyrrole nitrogens is 1. The largest absolute Gasteiger partial charge is 0.399 e. The van der Waals surface area contributed by atoms with Crippen molar-refractivity contribution < 1.29 is 0 Å². The first-order valence-electron chi connectivity index (χ1n) is 6.93. The van der Waals surface area contributed by atoms with Gasteiger partial charge in [-0.15, -0.1) is 21.5 Å². The molecule has 114 valence electrons. The van der Waals surface area contributed by atoms with Crippen LogP contribution in [0.25, 0.3) is 17.2 Å². The van der Waals surface area contributed by atoms with Gasteiger partial charge in [0.1, 0.15) is 5.69 Å². The summed E-state index contributed by atoms with van der Waals surface area (Å²) >= 11 is 1.59. The van der Waals surface area contributed by atoms with E-state index in [2.05, 4.69) is 20.3 Å². The summed E-state index contributed by atoms with van der Waals surface area (Å²) in [6.07, 6.45) is 0.470. The Hall–Kier alpha value is -3.00. The lowest BCUT2D eigenvalue weighted by Crippen LogP contribution is -2.18. The van der Waals surface area contributed by atoms with Crippen molar-refractivity contribution in [3.8, 4) is 11.4 Å². The monoisotopic (exact) mass is 324 g/mol. The molecule has 3 heterocycles. The first-order chi connectivity index (χ1) is 11.2. The molecule has 1 aromatic carbocycles. The molecule has 8 heteroatoms. The Kier molecular flexibility index (Phi) is 3.16. The molecule has 0 aliphatic heterocycles. The van der Waals surface area contributed by atoms with Crippen molar-refractivity contribution in [1.29, 1.82) is 0 Å². The van der Waals surface area contributed by atoms with E-state index < -0.39 is 0 Å². The third kappa shape index (κ3) is 2.49. The van der Waals surface area contributed by atoms with E-state index in [1.165, 1.54) is 0 Å². The summed E-state index contributed by atoms with van der Waals surface area (Å²) in [5, 5.41) is 14.5. The summed E-state index contributed by atoms with van der Waals surface area (Å²) in [6.45, 7) is 0. The Morgan fingerprint density at radius 2 is 2.13 bits per heavy atom. The molecule has 0 atom stereocenters. The second-order valence-electron chi connectivity index (χ2n) is 5.04. The summed E-state index contributed by atoms with van der Waals surface area (Å²) in [6, 6.07) is 11.2. The van der Waals surface area contributed by atoms with E-state index in [0.29, 0.717) is 29.4 Å². The molecular formula is C15H12N6OS. The van der Waals surface area contributed by atoms with Gasteiger partial charge < -0.3 is 5.73 Å². The Bertz CT molecular complexity index is 1030. The van der Waals surface area contributed by atoms with Gasteiger partial charge in [-0.3, -0.25) is 9.78 Å². The van der Waals surface area contributed by atoms with Crippen molar-refractivity contribution >= 4 is 22.8 Å². The Labute approximate surface area is 134 Å². The molecule has 7 nitrogen and oxygen atoms in total. The van der Waals surface area contributed by atoms with E-state index in [-0.39, 0.29) is 5.56 Å². The van der Waals surface area contributed by atoms with Gasteiger partial charge in [0.2, 0.25) is 0 Å². The van der Waals surface area contributed by atoms with Crippen LogP contribution in [0.1, 0.15) is 10.6 Å². The number of hydrogen-bond donors (Lipinski definition) is 2. The highest BCUT2D eigenvalue weighted by Crippen LogP contribution is 2.19. The van der Waals surface area contributed by atoms with Gasteiger partial charge in [-0.1, -0.05) is 18.2 Å².